The van der Waals surface area contributed by atoms with Crippen molar-refractivity contribution in [3.63, 3.8) is 0 Å². The van der Waals surface area contributed by atoms with Crippen molar-refractivity contribution in [1.29, 1.82) is 0 Å². The highest BCUT2D eigenvalue weighted by atomic mass is 32.2. The van der Waals surface area contributed by atoms with Crippen LogP contribution >= 0.6 is 0 Å². The lowest BCUT2D eigenvalue weighted by Gasteiger charge is -2.37. The molecule has 28 heavy (non-hydrogen) atoms. The Labute approximate surface area is 168 Å². The van der Waals surface area contributed by atoms with Crippen LogP contribution in [-0.2, 0) is 34.3 Å². The summed E-state index contributed by atoms with van der Waals surface area (Å²) in [6.45, 7) is 6.24. The second-order valence-corrected chi connectivity index (χ2v) is 9.89. The first kappa shape index (κ1) is 21.2. The van der Waals surface area contributed by atoms with E-state index in [0.717, 1.165) is 54.6 Å². The molecule has 1 atom stereocenters. The van der Waals surface area contributed by atoms with Gasteiger partial charge in [0.2, 0.25) is 15.9 Å². The van der Waals surface area contributed by atoms with E-state index in [4.69, 9.17) is 0 Å². The van der Waals surface area contributed by atoms with Crippen molar-refractivity contribution in [3.05, 3.63) is 28.6 Å². The molecule has 3 rings (SSSR count). The molecule has 8 heteroatoms. The fourth-order valence-electron chi connectivity index (χ4n) is 4.27. The van der Waals surface area contributed by atoms with Gasteiger partial charge in [-0.3, -0.25) is 14.7 Å². The first-order chi connectivity index (χ1) is 13.3. The molecule has 1 aromatic heterocycles. The number of likely N-dealkylation sites (N-methyl/N-ethyl adjacent to an activating group) is 1. The molecule has 0 saturated carbocycles. The number of hydrogen-bond acceptors (Lipinski definition) is 5. The second-order valence-electron chi connectivity index (χ2n) is 7.97. The summed E-state index contributed by atoms with van der Waals surface area (Å²) in [6.07, 6.45) is 6.36. The van der Waals surface area contributed by atoms with Gasteiger partial charge >= 0.3 is 0 Å². The van der Waals surface area contributed by atoms with Crippen molar-refractivity contribution in [1.82, 2.24) is 19.5 Å². The number of nitrogens with zero attached hydrogens (tertiary/aromatic N) is 3. The van der Waals surface area contributed by atoms with E-state index in [1.807, 2.05) is 32.0 Å². The van der Waals surface area contributed by atoms with Crippen molar-refractivity contribution in [2.75, 3.05) is 25.9 Å². The molecule has 0 spiro atoms. The molecule has 0 radical (unpaired) electrons. The molecule has 1 aromatic rings. The maximum Gasteiger partial charge on any atom is 0.240 e. The third-order valence-electron chi connectivity index (χ3n) is 5.90. The van der Waals surface area contributed by atoms with Gasteiger partial charge in [0.15, 0.2) is 0 Å². The van der Waals surface area contributed by atoms with Gasteiger partial charge < -0.3 is 4.90 Å². The van der Waals surface area contributed by atoms with Gasteiger partial charge in [0.25, 0.3) is 0 Å². The fraction of sp³-hybridized carbons (Fsp3) is 0.700. The average molecular weight is 409 g/mol. The first-order valence-corrected chi connectivity index (χ1v) is 11.9. The van der Waals surface area contributed by atoms with E-state index < -0.39 is 10.0 Å². The maximum absolute atomic E-state index is 13.0. The van der Waals surface area contributed by atoms with Gasteiger partial charge in [0, 0.05) is 31.5 Å². The van der Waals surface area contributed by atoms with Crippen LogP contribution in [0.15, 0.2) is 6.20 Å². The minimum Gasteiger partial charge on any atom is -0.337 e. The van der Waals surface area contributed by atoms with Crippen molar-refractivity contribution in [2.45, 2.75) is 65.1 Å². The number of amides is 1. The summed E-state index contributed by atoms with van der Waals surface area (Å²) in [4.78, 5) is 21.6. The number of sulfonamides is 1. The Bertz CT molecular complexity index is 825. The van der Waals surface area contributed by atoms with Crippen molar-refractivity contribution >= 4 is 15.9 Å². The molecular formula is C20H32N4O3S. The quantitative estimate of drug-likeness (QED) is 0.773. The van der Waals surface area contributed by atoms with Crippen molar-refractivity contribution in [3.8, 4) is 0 Å². The minimum absolute atomic E-state index is 0.0194. The number of carbonyl (C=O) groups is 1. The van der Waals surface area contributed by atoms with Crippen LogP contribution in [0, 0.1) is 6.92 Å². The summed E-state index contributed by atoms with van der Waals surface area (Å²) in [5.41, 5.74) is 3.99. The molecule has 0 bridgehead atoms. The van der Waals surface area contributed by atoms with Crippen LogP contribution in [0.5, 0.6) is 0 Å². The van der Waals surface area contributed by atoms with Gasteiger partial charge in [-0.25, -0.2) is 13.1 Å². The third kappa shape index (κ3) is 4.72. The number of rotatable bonds is 6. The number of aryl methyl sites for hydroxylation is 1. The van der Waals surface area contributed by atoms with E-state index in [9.17, 15) is 13.2 Å². The number of piperidine rings is 1. The molecule has 7 nitrogen and oxygen atoms in total. The molecule has 1 amide bonds. The van der Waals surface area contributed by atoms with Gasteiger partial charge in [0.05, 0.1) is 11.8 Å². The van der Waals surface area contributed by atoms with E-state index in [1.54, 1.807) is 0 Å². The Morgan fingerprint density at radius 2 is 2.11 bits per heavy atom. The second kappa shape index (κ2) is 8.88. The van der Waals surface area contributed by atoms with E-state index in [1.165, 1.54) is 0 Å². The zero-order valence-corrected chi connectivity index (χ0v) is 18.0. The summed E-state index contributed by atoms with van der Waals surface area (Å²) < 4.78 is 26.8. The monoisotopic (exact) mass is 408 g/mol. The summed E-state index contributed by atoms with van der Waals surface area (Å²) in [6, 6.07) is -0.0194. The summed E-state index contributed by atoms with van der Waals surface area (Å²) >= 11 is 0. The van der Waals surface area contributed by atoms with E-state index in [-0.39, 0.29) is 24.2 Å². The van der Waals surface area contributed by atoms with Gasteiger partial charge in [-0.05, 0) is 62.9 Å². The maximum atomic E-state index is 13.0. The standard InChI is InChI=1S/C20H32N4O3S/c1-4-11-28(26,27)22-13-18-15(2)21-12-16-14-24(10-8-17(16)18)20(25)19-7-5-6-9-23(19)3/h12,19,22H,4-11,13-14H2,1-3H3. The summed E-state index contributed by atoms with van der Waals surface area (Å²) in [5.74, 6) is 0.338. The SMILES string of the molecule is CCCS(=O)(=O)NCc1c(C)ncc2c1CCN(C(=O)C1CCCCN1C)C2. The average Bonchev–Trinajstić information content (AvgIpc) is 2.66. The normalized spacial score (nSPS) is 20.8. The summed E-state index contributed by atoms with van der Waals surface area (Å²) in [7, 11) is -1.23. The van der Waals surface area contributed by atoms with Gasteiger partial charge in [-0.2, -0.15) is 0 Å². The topological polar surface area (TPSA) is 82.6 Å². The van der Waals surface area contributed by atoms with Gasteiger partial charge in [-0.1, -0.05) is 13.3 Å². The number of carbonyl (C=O) groups excluding carboxylic acids is 1. The number of fused-ring (bicyclic) bond motifs is 1. The molecule has 1 fully saturated rings. The Morgan fingerprint density at radius 3 is 2.82 bits per heavy atom. The molecule has 1 N–H and O–H groups in total. The van der Waals surface area contributed by atoms with Crippen LogP contribution in [0.2, 0.25) is 0 Å². The number of likely N-dealkylation sites (tertiary alicyclic amines) is 1. The lowest BCUT2D eigenvalue weighted by atomic mass is 9.94. The van der Waals surface area contributed by atoms with Crippen LogP contribution in [0.4, 0.5) is 0 Å². The zero-order valence-electron chi connectivity index (χ0n) is 17.2. The molecule has 2 aliphatic rings. The van der Waals surface area contributed by atoms with Crippen molar-refractivity contribution < 1.29 is 13.2 Å². The fourth-order valence-corrected chi connectivity index (χ4v) is 5.31. The van der Waals surface area contributed by atoms with E-state index in [2.05, 4.69) is 14.6 Å². The first-order valence-electron chi connectivity index (χ1n) is 10.2. The lowest BCUT2D eigenvalue weighted by molar-refractivity contribution is -0.138. The number of nitrogens with one attached hydrogen (secondary N) is 1. The van der Waals surface area contributed by atoms with Crippen molar-refractivity contribution in [2.24, 2.45) is 0 Å². The molecule has 156 valence electrons. The van der Waals surface area contributed by atoms with Gasteiger partial charge in [-0.15, -0.1) is 0 Å². The Balaban J connectivity index is 1.74. The highest BCUT2D eigenvalue weighted by molar-refractivity contribution is 7.89. The lowest BCUT2D eigenvalue weighted by Crippen LogP contribution is -2.50. The molecular weight excluding hydrogens is 376 g/mol. The Morgan fingerprint density at radius 1 is 1.32 bits per heavy atom. The van der Waals surface area contributed by atoms with Crippen LogP contribution in [0.3, 0.4) is 0 Å². The zero-order chi connectivity index (χ0) is 20.3. The summed E-state index contributed by atoms with van der Waals surface area (Å²) in [5, 5.41) is 0. The molecule has 3 heterocycles. The molecule has 0 aliphatic carbocycles. The molecule has 0 aromatic carbocycles. The van der Waals surface area contributed by atoms with E-state index >= 15 is 0 Å². The molecule has 1 saturated heterocycles. The number of hydrogen-bond donors (Lipinski definition) is 1. The smallest absolute Gasteiger partial charge is 0.240 e. The van der Waals surface area contributed by atoms with Crippen LogP contribution < -0.4 is 4.72 Å². The van der Waals surface area contributed by atoms with Gasteiger partial charge in [0.1, 0.15) is 0 Å². The highest BCUT2D eigenvalue weighted by Gasteiger charge is 2.32. The molecule has 1 unspecified atom stereocenters. The van der Waals surface area contributed by atoms with Crippen LogP contribution in [-0.4, -0.2) is 61.0 Å². The number of aromatic nitrogens is 1. The highest BCUT2D eigenvalue weighted by Crippen LogP contribution is 2.26. The van der Waals surface area contributed by atoms with E-state index in [0.29, 0.717) is 19.5 Å². The largest absolute Gasteiger partial charge is 0.337 e. The minimum atomic E-state index is -3.27. The number of pyridine rings is 1. The predicted molar refractivity (Wildman–Crippen MR) is 109 cm³/mol. The Hall–Kier alpha value is -1.51. The van der Waals surface area contributed by atoms with Crippen LogP contribution in [0.25, 0.3) is 0 Å². The third-order valence-corrected chi connectivity index (χ3v) is 7.43. The Kier molecular flexibility index (Phi) is 6.73. The van der Waals surface area contributed by atoms with Crippen LogP contribution in [0.1, 0.15) is 55.0 Å². The molecule has 2 aliphatic heterocycles. The predicted octanol–water partition coefficient (Wildman–Crippen LogP) is 1.59.